The smallest absolute Gasteiger partial charge is 0.0722 e. The predicted molar refractivity (Wildman–Crippen MR) is 65.9 cm³/mol. The van der Waals surface area contributed by atoms with Crippen LogP contribution in [0, 0.1) is 0 Å². The molecule has 0 saturated heterocycles. The Bertz CT molecular complexity index is 376. The van der Waals surface area contributed by atoms with E-state index in [-0.39, 0.29) is 6.10 Å². The molecule has 0 aliphatic heterocycles. The van der Waals surface area contributed by atoms with Crippen LogP contribution in [0.15, 0.2) is 36.4 Å². The summed E-state index contributed by atoms with van der Waals surface area (Å²) >= 11 is 0. The van der Waals surface area contributed by atoms with E-state index in [1.165, 1.54) is 0 Å². The Labute approximate surface area is 96.0 Å². The van der Waals surface area contributed by atoms with Gasteiger partial charge in [0.15, 0.2) is 0 Å². The Balaban J connectivity index is 1.88. The largest absolute Gasteiger partial charge is 0.398 e. The van der Waals surface area contributed by atoms with Crippen molar-refractivity contribution in [3.63, 3.8) is 0 Å². The summed E-state index contributed by atoms with van der Waals surface area (Å²) < 4.78 is 0. The van der Waals surface area contributed by atoms with E-state index in [0.717, 1.165) is 30.6 Å². The minimum Gasteiger partial charge on any atom is -0.398 e. The summed E-state index contributed by atoms with van der Waals surface area (Å²) in [6, 6.07) is 8.23. The van der Waals surface area contributed by atoms with E-state index >= 15 is 0 Å². The molecule has 2 rings (SSSR count). The van der Waals surface area contributed by atoms with Crippen molar-refractivity contribution in [1.29, 1.82) is 0 Å². The number of aliphatic hydroxyl groups excluding tert-OH is 1. The summed E-state index contributed by atoms with van der Waals surface area (Å²) in [6.45, 7) is 0.776. The van der Waals surface area contributed by atoms with Gasteiger partial charge in [-0.2, -0.15) is 0 Å². The second-order valence-corrected chi connectivity index (χ2v) is 4.22. The zero-order chi connectivity index (χ0) is 11.4. The number of hydrogen-bond donors (Lipinski definition) is 3. The molecule has 1 aliphatic carbocycles. The molecule has 0 spiro atoms. The highest BCUT2D eigenvalue weighted by Gasteiger charge is 2.12. The summed E-state index contributed by atoms with van der Waals surface area (Å²) in [4.78, 5) is 0. The van der Waals surface area contributed by atoms with Gasteiger partial charge in [-0.1, -0.05) is 30.4 Å². The third kappa shape index (κ3) is 2.84. The van der Waals surface area contributed by atoms with Gasteiger partial charge in [-0.05, 0) is 24.5 Å². The van der Waals surface area contributed by atoms with Crippen LogP contribution in [0.25, 0.3) is 0 Å². The zero-order valence-corrected chi connectivity index (χ0v) is 9.26. The molecule has 4 N–H and O–H groups in total. The van der Waals surface area contributed by atoms with Gasteiger partial charge in [-0.15, -0.1) is 0 Å². The summed E-state index contributed by atoms with van der Waals surface area (Å²) in [6.07, 6.45) is 5.44. The number of hydrogen-bond acceptors (Lipinski definition) is 3. The molecule has 1 aliphatic rings. The molecular formula is C13H18N2O. The SMILES string of the molecule is Nc1ccccc1CN[C@H]1C=C[C@@H](O)CC1. The molecule has 2 atom stereocenters. The summed E-state index contributed by atoms with van der Waals surface area (Å²) in [5.41, 5.74) is 7.82. The number of aliphatic hydroxyl groups is 1. The lowest BCUT2D eigenvalue weighted by molar-refractivity contribution is 0.198. The van der Waals surface area contributed by atoms with Crippen LogP contribution < -0.4 is 11.1 Å². The first-order valence-corrected chi connectivity index (χ1v) is 5.69. The highest BCUT2D eigenvalue weighted by atomic mass is 16.3. The first kappa shape index (κ1) is 11.2. The average Bonchev–Trinajstić information content (AvgIpc) is 2.30. The quantitative estimate of drug-likeness (QED) is 0.531. The molecule has 0 radical (unpaired) electrons. The second-order valence-electron chi connectivity index (χ2n) is 4.22. The van der Waals surface area contributed by atoms with Crippen LogP contribution >= 0.6 is 0 Å². The van der Waals surface area contributed by atoms with Crippen molar-refractivity contribution in [1.82, 2.24) is 5.32 Å². The summed E-state index contributed by atoms with van der Waals surface area (Å²) in [5.74, 6) is 0. The van der Waals surface area contributed by atoms with E-state index in [0.29, 0.717) is 6.04 Å². The van der Waals surface area contributed by atoms with Crippen molar-refractivity contribution in [3.05, 3.63) is 42.0 Å². The second kappa shape index (κ2) is 5.14. The highest BCUT2D eigenvalue weighted by Crippen LogP contribution is 2.14. The van der Waals surface area contributed by atoms with Crippen LogP contribution in [0.5, 0.6) is 0 Å². The molecule has 0 saturated carbocycles. The van der Waals surface area contributed by atoms with Gasteiger partial charge in [0.2, 0.25) is 0 Å². The van der Waals surface area contributed by atoms with Gasteiger partial charge < -0.3 is 16.2 Å². The molecule has 86 valence electrons. The van der Waals surface area contributed by atoms with Crippen molar-refractivity contribution in [3.8, 4) is 0 Å². The van der Waals surface area contributed by atoms with Gasteiger partial charge in [-0.25, -0.2) is 0 Å². The Hall–Kier alpha value is -1.32. The Morgan fingerprint density at radius 3 is 2.75 bits per heavy atom. The van der Waals surface area contributed by atoms with Crippen molar-refractivity contribution < 1.29 is 5.11 Å². The van der Waals surface area contributed by atoms with Gasteiger partial charge in [0.25, 0.3) is 0 Å². The van der Waals surface area contributed by atoms with Crippen LogP contribution in [-0.2, 0) is 6.54 Å². The monoisotopic (exact) mass is 218 g/mol. The normalized spacial score (nSPS) is 24.6. The first-order chi connectivity index (χ1) is 7.75. The number of anilines is 1. The van der Waals surface area contributed by atoms with E-state index in [2.05, 4.69) is 5.32 Å². The minimum absolute atomic E-state index is 0.264. The van der Waals surface area contributed by atoms with Gasteiger partial charge in [0, 0.05) is 18.3 Å². The lowest BCUT2D eigenvalue weighted by Crippen LogP contribution is -2.30. The fraction of sp³-hybridized carbons (Fsp3) is 0.385. The van der Waals surface area contributed by atoms with E-state index in [1.807, 2.05) is 36.4 Å². The number of nitrogen functional groups attached to an aromatic ring is 1. The predicted octanol–water partition coefficient (Wildman–Crippen LogP) is 1.44. The van der Waals surface area contributed by atoms with Crippen LogP contribution in [-0.4, -0.2) is 17.3 Å². The molecular weight excluding hydrogens is 200 g/mol. The maximum atomic E-state index is 9.32. The van der Waals surface area contributed by atoms with Crippen molar-refractivity contribution in [2.24, 2.45) is 0 Å². The molecule has 3 heteroatoms. The van der Waals surface area contributed by atoms with E-state index < -0.39 is 0 Å². The highest BCUT2D eigenvalue weighted by molar-refractivity contribution is 5.46. The molecule has 0 unspecified atom stereocenters. The van der Waals surface area contributed by atoms with Gasteiger partial charge in [0.05, 0.1) is 6.10 Å². The minimum atomic E-state index is -0.264. The van der Waals surface area contributed by atoms with Crippen molar-refractivity contribution in [2.45, 2.75) is 31.5 Å². The molecule has 1 aromatic rings. The van der Waals surface area contributed by atoms with E-state index in [9.17, 15) is 5.11 Å². The molecule has 16 heavy (non-hydrogen) atoms. The number of nitrogens with two attached hydrogens (primary N) is 1. The molecule has 0 fully saturated rings. The fourth-order valence-corrected chi connectivity index (χ4v) is 1.91. The zero-order valence-electron chi connectivity index (χ0n) is 9.26. The molecule has 0 amide bonds. The third-order valence-corrected chi connectivity index (χ3v) is 2.95. The van der Waals surface area contributed by atoms with Crippen LogP contribution in [0.1, 0.15) is 18.4 Å². The first-order valence-electron chi connectivity index (χ1n) is 5.69. The fourth-order valence-electron chi connectivity index (χ4n) is 1.91. The Morgan fingerprint density at radius 1 is 1.25 bits per heavy atom. The molecule has 1 aromatic carbocycles. The standard InChI is InChI=1S/C13H18N2O/c14-13-4-2-1-3-10(13)9-15-11-5-7-12(16)8-6-11/h1-5,7,11-12,15-16H,6,8-9,14H2/t11-,12+/m0/s1. The van der Waals surface area contributed by atoms with Crippen LogP contribution in [0.4, 0.5) is 5.69 Å². The van der Waals surface area contributed by atoms with Crippen LogP contribution in [0.3, 0.4) is 0 Å². The molecule has 3 nitrogen and oxygen atoms in total. The molecule has 0 aromatic heterocycles. The topological polar surface area (TPSA) is 58.3 Å². The van der Waals surface area contributed by atoms with Gasteiger partial charge >= 0.3 is 0 Å². The average molecular weight is 218 g/mol. The van der Waals surface area contributed by atoms with Gasteiger partial charge in [-0.3, -0.25) is 0 Å². The summed E-state index contributed by atoms with van der Waals surface area (Å²) in [7, 11) is 0. The maximum Gasteiger partial charge on any atom is 0.0722 e. The number of para-hydroxylation sites is 1. The van der Waals surface area contributed by atoms with E-state index in [4.69, 9.17) is 5.73 Å². The van der Waals surface area contributed by atoms with Crippen molar-refractivity contribution in [2.75, 3.05) is 5.73 Å². The Kier molecular flexibility index (Phi) is 3.59. The lowest BCUT2D eigenvalue weighted by atomic mass is 10.0. The number of benzene rings is 1. The Morgan fingerprint density at radius 2 is 2.06 bits per heavy atom. The third-order valence-electron chi connectivity index (χ3n) is 2.95. The number of rotatable bonds is 3. The lowest BCUT2D eigenvalue weighted by Gasteiger charge is -2.21. The maximum absolute atomic E-state index is 9.32. The molecule has 0 heterocycles. The number of nitrogens with one attached hydrogen (secondary N) is 1. The van der Waals surface area contributed by atoms with E-state index in [1.54, 1.807) is 0 Å². The molecule has 0 bridgehead atoms. The van der Waals surface area contributed by atoms with Gasteiger partial charge in [0.1, 0.15) is 0 Å². The van der Waals surface area contributed by atoms with Crippen molar-refractivity contribution >= 4 is 5.69 Å². The summed E-state index contributed by atoms with van der Waals surface area (Å²) in [5, 5.41) is 12.7. The van der Waals surface area contributed by atoms with Crippen LogP contribution in [0.2, 0.25) is 0 Å².